The fraction of sp³-hybridized carbons (Fsp3) is 1.00. The fourth-order valence-electron chi connectivity index (χ4n) is 1.91. The molecule has 2 fully saturated rings. The molecule has 0 aromatic rings. The zero-order valence-corrected chi connectivity index (χ0v) is 5.41. The summed E-state index contributed by atoms with van der Waals surface area (Å²) in [4.78, 5) is 0. The van der Waals surface area contributed by atoms with Gasteiger partial charge in [-0.2, -0.15) is 0 Å². The van der Waals surface area contributed by atoms with Gasteiger partial charge in [0, 0.05) is 5.54 Å². The molecule has 0 radical (unpaired) electrons. The zero-order chi connectivity index (χ0) is 5.61. The van der Waals surface area contributed by atoms with Crippen molar-refractivity contribution < 1.29 is 0 Å². The molecular weight excluding hydrogens is 98.1 g/mol. The van der Waals surface area contributed by atoms with E-state index in [2.05, 4.69) is 12.2 Å². The van der Waals surface area contributed by atoms with E-state index in [1.54, 1.807) is 0 Å². The topological polar surface area (TPSA) is 12.0 Å². The summed E-state index contributed by atoms with van der Waals surface area (Å²) in [7, 11) is 0. The quantitative estimate of drug-likeness (QED) is 0.494. The number of rotatable bonds is 0. The maximum absolute atomic E-state index is 3.56. The summed E-state index contributed by atoms with van der Waals surface area (Å²) in [6.07, 6.45) is 4.28. The minimum atomic E-state index is 0.653. The molecule has 1 unspecified atom stereocenters. The third-order valence-corrected chi connectivity index (χ3v) is 2.73. The van der Waals surface area contributed by atoms with Crippen LogP contribution in [0.25, 0.3) is 0 Å². The van der Waals surface area contributed by atoms with Crippen molar-refractivity contribution >= 4 is 0 Å². The first-order valence-electron chi connectivity index (χ1n) is 3.58. The second-order valence-electron chi connectivity index (χ2n) is 3.29. The largest absolute Gasteiger partial charge is 0.311 e. The molecule has 1 aliphatic carbocycles. The van der Waals surface area contributed by atoms with E-state index in [4.69, 9.17) is 0 Å². The highest BCUT2D eigenvalue weighted by Crippen LogP contribution is 2.48. The third-order valence-electron chi connectivity index (χ3n) is 2.73. The van der Waals surface area contributed by atoms with Crippen LogP contribution in [0.15, 0.2) is 0 Å². The third kappa shape index (κ3) is 0.455. The Morgan fingerprint density at radius 2 is 2.38 bits per heavy atom. The van der Waals surface area contributed by atoms with Gasteiger partial charge in [0.2, 0.25) is 0 Å². The summed E-state index contributed by atoms with van der Waals surface area (Å²) in [5, 5.41) is 3.56. The summed E-state index contributed by atoms with van der Waals surface area (Å²) in [5.41, 5.74) is 0.653. The summed E-state index contributed by atoms with van der Waals surface area (Å²) in [6.45, 7) is 3.61. The van der Waals surface area contributed by atoms with E-state index in [0.29, 0.717) is 5.54 Å². The van der Waals surface area contributed by atoms with Crippen LogP contribution in [0.1, 0.15) is 26.2 Å². The first kappa shape index (κ1) is 4.80. The Kier molecular flexibility index (Phi) is 0.762. The van der Waals surface area contributed by atoms with Gasteiger partial charge in [-0.1, -0.05) is 6.92 Å². The Bertz CT molecular complexity index is 103. The molecule has 1 aliphatic heterocycles. The van der Waals surface area contributed by atoms with Crippen LogP contribution in [0.2, 0.25) is 0 Å². The van der Waals surface area contributed by atoms with Gasteiger partial charge in [-0.3, -0.25) is 0 Å². The van der Waals surface area contributed by atoms with Gasteiger partial charge < -0.3 is 5.32 Å². The van der Waals surface area contributed by atoms with Crippen LogP contribution < -0.4 is 5.32 Å². The average Bonchev–Trinajstić information content (AvgIpc) is 2.29. The van der Waals surface area contributed by atoms with Crippen LogP contribution in [0.5, 0.6) is 0 Å². The van der Waals surface area contributed by atoms with Gasteiger partial charge in [0.05, 0.1) is 0 Å². The predicted octanol–water partition coefficient (Wildman–Crippen LogP) is 1.15. The fourth-order valence-corrected chi connectivity index (χ4v) is 1.91. The minimum Gasteiger partial charge on any atom is -0.311 e. The van der Waals surface area contributed by atoms with Gasteiger partial charge in [-0.25, -0.2) is 0 Å². The van der Waals surface area contributed by atoms with Gasteiger partial charge in [0.1, 0.15) is 0 Å². The molecule has 1 saturated heterocycles. The van der Waals surface area contributed by atoms with Crippen molar-refractivity contribution in [2.45, 2.75) is 31.7 Å². The lowest BCUT2D eigenvalue weighted by atomic mass is 10.2. The maximum atomic E-state index is 3.56. The van der Waals surface area contributed by atoms with Crippen LogP contribution in [-0.2, 0) is 0 Å². The van der Waals surface area contributed by atoms with Gasteiger partial charge in [0.15, 0.2) is 0 Å². The van der Waals surface area contributed by atoms with Crippen molar-refractivity contribution in [1.82, 2.24) is 5.32 Å². The Hall–Kier alpha value is -0.0400. The van der Waals surface area contributed by atoms with Crippen LogP contribution in [0.3, 0.4) is 0 Å². The standard InChI is InChI=1S/C7H13N/c1-6-5-7(6)3-2-4-8-7/h6,8H,2-5H2,1H3/t6-,7?/m1/s1. The summed E-state index contributed by atoms with van der Waals surface area (Å²) in [5.74, 6) is 0.977. The molecule has 0 aromatic heterocycles. The van der Waals surface area contributed by atoms with E-state index in [-0.39, 0.29) is 0 Å². The van der Waals surface area contributed by atoms with Crippen molar-refractivity contribution in [3.05, 3.63) is 0 Å². The number of hydrogen-bond acceptors (Lipinski definition) is 1. The van der Waals surface area contributed by atoms with E-state index < -0.39 is 0 Å². The molecule has 1 heteroatoms. The Balaban J connectivity index is 2.06. The van der Waals surface area contributed by atoms with E-state index in [1.807, 2.05) is 0 Å². The Labute approximate surface area is 50.5 Å². The van der Waals surface area contributed by atoms with Crippen molar-refractivity contribution in [2.24, 2.45) is 5.92 Å². The van der Waals surface area contributed by atoms with Gasteiger partial charge >= 0.3 is 0 Å². The average molecular weight is 111 g/mol. The monoisotopic (exact) mass is 111 g/mol. The molecule has 1 spiro atoms. The number of hydrogen-bond donors (Lipinski definition) is 1. The lowest BCUT2D eigenvalue weighted by Crippen LogP contribution is -2.24. The van der Waals surface area contributed by atoms with Gasteiger partial charge in [0.25, 0.3) is 0 Å². The lowest BCUT2D eigenvalue weighted by Gasteiger charge is -2.04. The van der Waals surface area contributed by atoms with Gasteiger partial charge in [-0.15, -0.1) is 0 Å². The molecule has 2 atom stereocenters. The summed E-state index contributed by atoms with van der Waals surface area (Å²) in [6, 6.07) is 0. The van der Waals surface area contributed by atoms with Crippen molar-refractivity contribution in [3.63, 3.8) is 0 Å². The second-order valence-corrected chi connectivity index (χ2v) is 3.29. The molecule has 1 saturated carbocycles. The Morgan fingerprint density at radius 3 is 2.62 bits per heavy atom. The predicted molar refractivity (Wildman–Crippen MR) is 33.7 cm³/mol. The van der Waals surface area contributed by atoms with E-state index in [1.165, 1.54) is 25.8 Å². The van der Waals surface area contributed by atoms with E-state index in [9.17, 15) is 0 Å². The molecule has 2 aliphatic rings. The number of nitrogens with one attached hydrogen (secondary N) is 1. The molecule has 8 heavy (non-hydrogen) atoms. The smallest absolute Gasteiger partial charge is 0.0211 e. The molecule has 0 bridgehead atoms. The second kappa shape index (κ2) is 1.27. The molecule has 46 valence electrons. The van der Waals surface area contributed by atoms with Crippen LogP contribution in [0, 0.1) is 5.92 Å². The minimum absolute atomic E-state index is 0.653. The summed E-state index contributed by atoms with van der Waals surface area (Å²) < 4.78 is 0. The molecule has 1 nitrogen and oxygen atoms in total. The molecule has 1 N–H and O–H groups in total. The first-order chi connectivity index (χ1) is 3.83. The maximum Gasteiger partial charge on any atom is 0.0211 e. The molecular formula is C7H13N. The normalized spacial score (nSPS) is 52.9. The van der Waals surface area contributed by atoms with Crippen LogP contribution in [0.4, 0.5) is 0 Å². The molecule has 0 aromatic carbocycles. The van der Waals surface area contributed by atoms with Crippen LogP contribution in [-0.4, -0.2) is 12.1 Å². The molecule has 0 amide bonds. The summed E-state index contributed by atoms with van der Waals surface area (Å²) >= 11 is 0. The first-order valence-corrected chi connectivity index (χ1v) is 3.58. The highest BCUT2D eigenvalue weighted by atomic mass is 15.1. The van der Waals surface area contributed by atoms with Crippen molar-refractivity contribution in [3.8, 4) is 0 Å². The van der Waals surface area contributed by atoms with Crippen LogP contribution >= 0.6 is 0 Å². The molecule has 1 heterocycles. The highest BCUT2D eigenvalue weighted by Gasteiger charge is 2.51. The van der Waals surface area contributed by atoms with E-state index in [0.717, 1.165) is 5.92 Å². The lowest BCUT2D eigenvalue weighted by molar-refractivity contribution is 0.553. The van der Waals surface area contributed by atoms with E-state index >= 15 is 0 Å². The zero-order valence-electron chi connectivity index (χ0n) is 5.41. The Morgan fingerprint density at radius 1 is 1.62 bits per heavy atom. The van der Waals surface area contributed by atoms with Gasteiger partial charge in [-0.05, 0) is 31.7 Å². The SMILES string of the molecule is C[C@@H]1CC12CCCN2. The van der Waals surface area contributed by atoms with Crippen molar-refractivity contribution in [1.29, 1.82) is 0 Å². The van der Waals surface area contributed by atoms with Crippen molar-refractivity contribution in [2.75, 3.05) is 6.54 Å². The molecule has 2 rings (SSSR count). The highest BCUT2D eigenvalue weighted by molar-refractivity contribution is 5.10.